The van der Waals surface area contributed by atoms with Crippen molar-refractivity contribution in [3.63, 3.8) is 0 Å². The summed E-state index contributed by atoms with van der Waals surface area (Å²) in [7, 11) is 1.65. The van der Waals surface area contributed by atoms with E-state index in [0.29, 0.717) is 5.69 Å². The van der Waals surface area contributed by atoms with Gasteiger partial charge in [0.05, 0.1) is 5.88 Å². The average Bonchev–Trinajstić information content (AvgIpc) is 2.64. The summed E-state index contributed by atoms with van der Waals surface area (Å²) in [5.41, 5.74) is 0.384. The van der Waals surface area contributed by atoms with E-state index >= 15 is 0 Å². The number of thiazole rings is 1. The molecule has 0 aliphatic rings. The number of ether oxygens (including phenoxy) is 1. The van der Waals surface area contributed by atoms with Gasteiger partial charge in [-0.15, -0.1) is 22.9 Å². The summed E-state index contributed by atoms with van der Waals surface area (Å²) in [5.74, 6) is -0.177. The van der Waals surface area contributed by atoms with Crippen LogP contribution in [0, 0.1) is 5.41 Å². The van der Waals surface area contributed by atoms with Crippen LogP contribution >= 0.6 is 22.9 Å². The van der Waals surface area contributed by atoms with Crippen LogP contribution in [-0.4, -0.2) is 23.8 Å². The Balaban J connectivity index is 2.96. The molecule has 0 aromatic carbocycles. The maximum atomic E-state index is 11.4. The maximum Gasteiger partial charge on any atom is 0.196 e. The molecule has 0 fully saturated rings. The standard InChI is InChI=1S/C11H16ClNO2S/c1-11(2,3)9(15-4)10-13-7(6-16-10)8(14)5-12/h6,9H,5H2,1-4H3. The highest BCUT2D eigenvalue weighted by molar-refractivity contribution is 7.09. The number of rotatable bonds is 4. The molecular formula is C11H16ClNO2S. The van der Waals surface area contributed by atoms with Gasteiger partial charge in [0.15, 0.2) is 5.78 Å². The third kappa shape index (κ3) is 3.03. The van der Waals surface area contributed by atoms with E-state index in [1.54, 1.807) is 12.5 Å². The van der Waals surface area contributed by atoms with Crippen LogP contribution in [0.2, 0.25) is 0 Å². The topological polar surface area (TPSA) is 39.2 Å². The minimum absolute atomic E-state index is 0.0314. The van der Waals surface area contributed by atoms with E-state index in [1.807, 2.05) is 0 Å². The molecular weight excluding hydrogens is 246 g/mol. The first-order chi connectivity index (χ1) is 7.40. The van der Waals surface area contributed by atoms with Gasteiger partial charge in [0.2, 0.25) is 0 Å². The lowest BCUT2D eigenvalue weighted by molar-refractivity contribution is 0.0150. The molecule has 1 atom stereocenters. The highest BCUT2D eigenvalue weighted by Crippen LogP contribution is 2.36. The molecule has 3 nitrogen and oxygen atoms in total. The summed E-state index contributed by atoms with van der Waals surface area (Å²) in [6, 6.07) is 0. The number of carbonyl (C=O) groups is 1. The average molecular weight is 262 g/mol. The zero-order valence-electron chi connectivity index (χ0n) is 9.91. The monoisotopic (exact) mass is 261 g/mol. The molecule has 1 heterocycles. The van der Waals surface area contributed by atoms with Crippen molar-refractivity contribution in [2.24, 2.45) is 5.41 Å². The summed E-state index contributed by atoms with van der Waals surface area (Å²) in [6.45, 7) is 6.23. The number of ketones is 1. The quantitative estimate of drug-likeness (QED) is 0.617. The summed E-state index contributed by atoms with van der Waals surface area (Å²) < 4.78 is 5.43. The first-order valence-electron chi connectivity index (χ1n) is 4.97. The predicted molar refractivity (Wildman–Crippen MR) is 66.4 cm³/mol. The van der Waals surface area contributed by atoms with Crippen LogP contribution in [0.5, 0.6) is 0 Å². The Morgan fingerprint density at radius 1 is 1.62 bits per heavy atom. The molecule has 0 amide bonds. The van der Waals surface area contributed by atoms with Crippen LogP contribution < -0.4 is 0 Å². The van der Waals surface area contributed by atoms with E-state index < -0.39 is 0 Å². The van der Waals surface area contributed by atoms with E-state index in [0.717, 1.165) is 5.01 Å². The molecule has 0 aliphatic carbocycles. The van der Waals surface area contributed by atoms with Crippen molar-refractivity contribution in [3.8, 4) is 0 Å². The van der Waals surface area contributed by atoms with Gasteiger partial charge in [-0.1, -0.05) is 20.8 Å². The second kappa shape index (κ2) is 5.25. The highest BCUT2D eigenvalue weighted by Gasteiger charge is 2.29. The summed E-state index contributed by atoms with van der Waals surface area (Å²) >= 11 is 6.92. The molecule has 0 saturated carbocycles. The van der Waals surface area contributed by atoms with Gasteiger partial charge in [-0.3, -0.25) is 4.79 Å². The van der Waals surface area contributed by atoms with E-state index in [2.05, 4.69) is 25.8 Å². The minimum atomic E-state index is -0.145. The first kappa shape index (κ1) is 13.6. The minimum Gasteiger partial charge on any atom is -0.374 e. The van der Waals surface area contributed by atoms with Crippen LogP contribution in [-0.2, 0) is 4.74 Å². The number of hydrogen-bond donors (Lipinski definition) is 0. The Morgan fingerprint density at radius 3 is 2.69 bits per heavy atom. The number of alkyl halides is 1. The molecule has 0 bridgehead atoms. The van der Waals surface area contributed by atoms with Crippen LogP contribution in [0.25, 0.3) is 0 Å². The molecule has 90 valence electrons. The molecule has 5 heteroatoms. The lowest BCUT2D eigenvalue weighted by atomic mass is 9.89. The van der Waals surface area contributed by atoms with E-state index in [9.17, 15) is 4.79 Å². The fraction of sp³-hybridized carbons (Fsp3) is 0.636. The second-order valence-corrected chi connectivity index (χ2v) is 5.77. The molecule has 16 heavy (non-hydrogen) atoms. The van der Waals surface area contributed by atoms with Gasteiger partial charge in [-0.2, -0.15) is 0 Å². The third-order valence-electron chi connectivity index (χ3n) is 2.18. The zero-order chi connectivity index (χ0) is 12.3. The molecule has 1 unspecified atom stereocenters. The number of Topliss-reactive ketones (excluding diaryl/α,β-unsaturated/α-hetero) is 1. The van der Waals surface area contributed by atoms with Gasteiger partial charge in [-0.05, 0) is 5.41 Å². The maximum absolute atomic E-state index is 11.4. The SMILES string of the molecule is COC(c1nc(C(=O)CCl)cs1)C(C)(C)C. The van der Waals surface area contributed by atoms with E-state index in [4.69, 9.17) is 16.3 Å². The van der Waals surface area contributed by atoms with Gasteiger partial charge >= 0.3 is 0 Å². The Morgan fingerprint density at radius 2 is 2.25 bits per heavy atom. The number of methoxy groups -OCH3 is 1. The number of aromatic nitrogens is 1. The molecule has 0 N–H and O–H groups in total. The zero-order valence-corrected chi connectivity index (χ0v) is 11.5. The lowest BCUT2D eigenvalue weighted by Crippen LogP contribution is -2.20. The van der Waals surface area contributed by atoms with Crippen molar-refractivity contribution in [1.82, 2.24) is 4.98 Å². The highest BCUT2D eigenvalue weighted by atomic mass is 35.5. The van der Waals surface area contributed by atoms with Crippen molar-refractivity contribution in [2.75, 3.05) is 13.0 Å². The van der Waals surface area contributed by atoms with Crippen LogP contribution in [0.1, 0.15) is 42.4 Å². The fourth-order valence-electron chi connectivity index (χ4n) is 1.43. The molecule has 1 rings (SSSR count). The van der Waals surface area contributed by atoms with E-state index in [1.165, 1.54) is 11.3 Å². The number of hydrogen-bond acceptors (Lipinski definition) is 4. The summed E-state index contributed by atoms with van der Waals surface area (Å²) in [5, 5.41) is 2.56. The van der Waals surface area contributed by atoms with Crippen LogP contribution in [0.15, 0.2) is 5.38 Å². The van der Waals surface area contributed by atoms with Crippen molar-refractivity contribution in [3.05, 3.63) is 16.1 Å². The summed E-state index contributed by atoms with van der Waals surface area (Å²) in [6.07, 6.45) is -0.102. The van der Waals surface area contributed by atoms with E-state index in [-0.39, 0.29) is 23.2 Å². The molecule has 0 saturated heterocycles. The Kier molecular flexibility index (Phi) is 4.47. The molecule has 1 aromatic rings. The lowest BCUT2D eigenvalue weighted by Gasteiger charge is -2.27. The smallest absolute Gasteiger partial charge is 0.196 e. The van der Waals surface area contributed by atoms with Gasteiger partial charge < -0.3 is 4.74 Å². The van der Waals surface area contributed by atoms with Gasteiger partial charge in [0, 0.05) is 12.5 Å². The van der Waals surface area contributed by atoms with Crippen molar-refractivity contribution in [2.45, 2.75) is 26.9 Å². The molecule has 1 aromatic heterocycles. The summed E-state index contributed by atoms with van der Waals surface area (Å²) in [4.78, 5) is 15.6. The van der Waals surface area contributed by atoms with Crippen molar-refractivity contribution in [1.29, 1.82) is 0 Å². The Labute approximate surface area is 105 Å². The van der Waals surface area contributed by atoms with Crippen molar-refractivity contribution >= 4 is 28.7 Å². The Hall–Kier alpha value is -0.450. The molecule has 0 spiro atoms. The largest absolute Gasteiger partial charge is 0.374 e. The predicted octanol–water partition coefficient (Wildman–Crippen LogP) is 3.30. The molecule has 0 aliphatic heterocycles. The van der Waals surface area contributed by atoms with Crippen LogP contribution in [0.4, 0.5) is 0 Å². The van der Waals surface area contributed by atoms with Gasteiger partial charge in [0.25, 0.3) is 0 Å². The normalized spacial score (nSPS) is 13.8. The third-order valence-corrected chi connectivity index (χ3v) is 3.31. The second-order valence-electron chi connectivity index (χ2n) is 4.61. The van der Waals surface area contributed by atoms with Gasteiger partial charge in [0.1, 0.15) is 16.8 Å². The van der Waals surface area contributed by atoms with Crippen molar-refractivity contribution < 1.29 is 9.53 Å². The van der Waals surface area contributed by atoms with Crippen LogP contribution in [0.3, 0.4) is 0 Å². The number of halogens is 1. The van der Waals surface area contributed by atoms with Gasteiger partial charge in [-0.25, -0.2) is 4.98 Å². The Bertz CT molecular complexity index is 370. The first-order valence-corrected chi connectivity index (χ1v) is 6.39. The number of nitrogens with zero attached hydrogens (tertiary/aromatic N) is 1. The fourth-order valence-corrected chi connectivity index (χ4v) is 2.71. The number of carbonyl (C=O) groups excluding carboxylic acids is 1. The molecule has 0 radical (unpaired) electrons.